The second-order valence-electron chi connectivity index (χ2n) is 2.25. The molecule has 1 aliphatic rings. The highest BCUT2D eigenvalue weighted by Gasteiger charge is 2.02. The Morgan fingerprint density at radius 2 is 2.60 bits per heavy atom. The fraction of sp³-hybridized carbons (Fsp3) is 0.375. The Balaban J connectivity index is 2.47. The zero-order valence-corrected chi connectivity index (χ0v) is 5.96. The van der Waals surface area contributed by atoms with Crippen LogP contribution in [0.5, 0.6) is 0 Å². The van der Waals surface area contributed by atoms with E-state index in [2.05, 4.69) is 0 Å². The molecule has 0 radical (unpaired) electrons. The van der Waals surface area contributed by atoms with Gasteiger partial charge in [0.25, 0.3) is 0 Å². The van der Waals surface area contributed by atoms with Crippen LogP contribution in [0.1, 0.15) is 13.3 Å². The van der Waals surface area contributed by atoms with E-state index in [4.69, 9.17) is 4.74 Å². The summed E-state index contributed by atoms with van der Waals surface area (Å²) in [6.45, 7) is 2.15. The molecule has 2 heteroatoms. The van der Waals surface area contributed by atoms with Crippen LogP contribution in [0.3, 0.4) is 0 Å². The van der Waals surface area contributed by atoms with Crippen LogP contribution in [-0.4, -0.2) is 12.4 Å². The maximum absolute atomic E-state index is 10.6. The van der Waals surface area contributed by atoms with Gasteiger partial charge in [-0.25, -0.2) is 0 Å². The zero-order chi connectivity index (χ0) is 7.40. The van der Waals surface area contributed by atoms with Crippen molar-refractivity contribution >= 4 is 5.78 Å². The van der Waals surface area contributed by atoms with E-state index in [0.29, 0.717) is 13.0 Å². The molecule has 0 aromatic heterocycles. The topological polar surface area (TPSA) is 26.3 Å². The number of allylic oxidation sites excluding steroid dienone is 3. The zero-order valence-electron chi connectivity index (χ0n) is 5.96. The summed E-state index contributed by atoms with van der Waals surface area (Å²) < 4.78 is 5.14. The molecule has 0 aromatic carbocycles. The van der Waals surface area contributed by atoms with Gasteiger partial charge in [-0.05, 0) is 19.1 Å². The Labute approximate surface area is 60.2 Å². The molecular weight excluding hydrogens is 128 g/mol. The summed E-state index contributed by atoms with van der Waals surface area (Å²) in [5, 5.41) is 0. The maximum atomic E-state index is 10.6. The van der Waals surface area contributed by atoms with Crippen LogP contribution in [0.2, 0.25) is 0 Å². The molecule has 0 saturated carbocycles. The smallest absolute Gasteiger partial charge is 0.137 e. The lowest BCUT2D eigenvalue weighted by Gasteiger charge is -2.08. The molecule has 54 valence electrons. The van der Waals surface area contributed by atoms with Gasteiger partial charge in [0.2, 0.25) is 0 Å². The van der Waals surface area contributed by atoms with Crippen LogP contribution in [0.25, 0.3) is 0 Å². The van der Waals surface area contributed by atoms with Crippen LogP contribution in [-0.2, 0) is 9.53 Å². The summed E-state index contributed by atoms with van der Waals surface area (Å²) in [6.07, 6.45) is 6.06. The third-order valence-corrected chi connectivity index (χ3v) is 1.21. The standard InChI is InChI=1S/C8H10O2/c1-7(9)6-8-4-2-3-5-10-8/h2-4H,5-6H2,1H3. The third-order valence-electron chi connectivity index (χ3n) is 1.21. The molecule has 0 fully saturated rings. The summed E-state index contributed by atoms with van der Waals surface area (Å²) in [7, 11) is 0. The van der Waals surface area contributed by atoms with Gasteiger partial charge < -0.3 is 4.74 Å². The Bertz CT molecular complexity index is 189. The molecule has 10 heavy (non-hydrogen) atoms. The Hall–Kier alpha value is -1.05. The van der Waals surface area contributed by atoms with Gasteiger partial charge in [-0.1, -0.05) is 6.08 Å². The summed E-state index contributed by atoms with van der Waals surface area (Å²) in [4.78, 5) is 10.6. The first-order chi connectivity index (χ1) is 4.79. The highest BCUT2D eigenvalue weighted by Crippen LogP contribution is 2.08. The quantitative estimate of drug-likeness (QED) is 0.577. The van der Waals surface area contributed by atoms with E-state index in [0.717, 1.165) is 5.76 Å². The third kappa shape index (κ3) is 2.05. The molecule has 1 rings (SSSR count). The van der Waals surface area contributed by atoms with Crippen LogP contribution < -0.4 is 0 Å². The van der Waals surface area contributed by atoms with E-state index in [-0.39, 0.29) is 5.78 Å². The van der Waals surface area contributed by atoms with Crippen molar-refractivity contribution in [3.05, 3.63) is 24.0 Å². The van der Waals surface area contributed by atoms with E-state index in [1.807, 2.05) is 18.2 Å². The average molecular weight is 138 g/mol. The van der Waals surface area contributed by atoms with E-state index in [1.54, 1.807) is 6.92 Å². The van der Waals surface area contributed by atoms with Gasteiger partial charge in [0.15, 0.2) is 0 Å². The van der Waals surface area contributed by atoms with Crippen LogP contribution in [0.4, 0.5) is 0 Å². The van der Waals surface area contributed by atoms with Crippen LogP contribution in [0, 0.1) is 0 Å². The molecule has 2 nitrogen and oxygen atoms in total. The fourth-order valence-electron chi connectivity index (χ4n) is 0.790. The van der Waals surface area contributed by atoms with Crippen molar-refractivity contribution in [2.24, 2.45) is 0 Å². The van der Waals surface area contributed by atoms with Crippen LogP contribution in [0.15, 0.2) is 24.0 Å². The molecule has 1 aliphatic heterocycles. The first-order valence-corrected chi connectivity index (χ1v) is 3.27. The average Bonchev–Trinajstić information content (AvgIpc) is 1.88. The van der Waals surface area contributed by atoms with E-state index >= 15 is 0 Å². The van der Waals surface area contributed by atoms with Gasteiger partial charge in [0, 0.05) is 0 Å². The molecule has 0 bridgehead atoms. The second kappa shape index (κ2) is 3.20. The molecule has 0 unspecified atom stereocenters. The molecular formula is C8H10O2. The van der Waals surface area contributed by atoms with Gasteiger partial charge >= 0.3 is 0 Å². The molecule has 1 heterocycles. The number of ketones is 1. The summed E-state index contributed by atoms with van der Waals surface area (Å²) in [5.41, 5.74) is 0. The second-order valence-corrected chi connectivity index (χ2v) is 2.25. The molecule has 0 aromatic rings. The Kier molecular flexibility index (Phi) is 2.26. The highest BCUT2D eigenvalue weighted by atomic mass is 16.5. The monoisotopic (exact) mass is 138 g/mol. The lowest BCUT2D eigenvalue weighted by atomic mass is 10.2. The summed E-state index contributed by atoms with van der Waals surface area (Å²) in [5.74, 6) is 0.913. The number of carbonyl (C=O) groups is 1. The van der Waals surface area contributed by atoms with Gasteiger partial charge in [0.05, 0.1) is 6.42 Å². The number of hydrogen-bond donors (Lipinski definition) is 0. The van der Waals surface area contributed by atoms with E-state index in [9.17, 15) is 4.79 Å². The predicted octanol–water partition coefficient (Wildman–Crippen LogP) is 1.44. The minimum absolute atomic E-state index is 0.140. The molecule has 0 atom stereocenters. The van der Waals surface area contributed by atoms with Crippen molar-refractivity contribution < 1.29 is 9.53 Å². The van der Waals surface area contributed by atoms with Gasteiger partial charge in [-0.15, -0.1) is 0 Å². The largest absolute Gasteiger partial charge is 0.493 e. The van der Waals surface area contributed by atoms with Crippen molar-refractivity contribution in [2.45, 2.75) is 13.3 Å². The molecule has 0 amide bonds. The molecule has 0 N–H and O–H groups in total. The predicted molar refractivity (Wildman–Crippen MR) is 38.5 cm³/mol. The van der Waals surface area contributed by atoms with E-state index in [1.165, 1.54) is 0 Å². The number of hydrogen-bond acceptors (Lipinski definition) is 2. The Morgan fingerprint density at radius 3 is 3.10 bits per heavy atom. The summed E-state index contributed by atoms with van der Waals surface area (Å²) in [6, 6.07) is 0. The van der Waals surface area contributed by atoms with Crippen molar-refractivity contribution in [1.82, 2.24) is 0 Å². The van der Waals surface area contributed by atoms with Crippen molar-refractivity contribution in [3.8, 4) is 0 Å². The number of ether oxygens (including phenoxy) is 1. The van der Waals surface area contributed by atoms with Crippen molar-refractivity contribution in [1.29, 1.82) is 0 Å². The molecule has 0 saturated heterocycles. The first kappa shape index (κ1) is 7.06. The minimum Gasteiger partial charge on any atom is -0.493 e. The normalized spacial score (nSPS) is 15.9. The molecule has 0 aliphatic carbocycles. The van der Waals surface area contributed by atoms with Gasteiger partial charge in [-0.2, -0.15) is 0 Å². The minimum atomic E-state index is 0.140. The SMILES string of the molecule is CC(=O)CC1=CC=CCO1. The van der Waals surface area contributed by atoms with Crippen molar-refractivity contribution in [3.63, 3.8) is 0 Å². The summed E-state index contributed by atoms with van der Waals surface area (Å²) >= 11 is 0. The van der Waals surface area contributed by atoms with E-state index < -0.39 is 0 Å². The maximum Gasteiger partial charge on any atom is 0.137 e. The lowest BCUT2D eigenvalue weighted by molar-refractivity contribution is -0.116. The first-order valence-electron chi connectivity index (χ1n) is 3.27. The lowest BCUT2D eigenvalue weighted by Crippen LogP contribution is -2.00. The number of carbonyl (C=O) groups excluding carboxylic acids is 1. The van der Waals surface area contributed by atoms with Gasteiger partial charge in [-0.3, -0.25) is 4.79 Å². The van der Waals surface area contributed by atoms with Gasteiger partial charge in [0.1, 0.15) is 18.1 Å². The highest BCUT2D eigenvalue weighted by molar-refractivity contribution is 5.77. The number of rotatable bonds is 2. The van der Waals surface area contributed by atoms with Crippen LogP contribution >= 0.6 is 0 Å². The van der Waals surface area contributed by atoms with Crippen molar-refractivity contribution in [2.75, 3.05) is 6.61 Å². The Morgan fingerprint density at radius 1 is 1.80 bits per heavy atom. The number of Topliss-reactive ketones (excluding diaryl/α,β-unsaturated/α-hetero) is 1. The fourth-order valence-corrected chi connectivity index (χ4v) is 0.790. The molecule has 0 spiro atoms.